The van der Waals surface area contributed by atoms with Crippen LogP contribution in [0.1, 0.15) is 58.3 Å². The maximum Gasteiger partial charge on any atom is 0.248 e. The van der Waals surface area contributed by atoms with Gasteiger partial charge >= 0.3 is 0 Å². The van der Waals surface area contributed by atoms with Crippen LogP contribution in [0.15, 0.2) is 50.1 Å². The van der Waals surface area contributed by atoms with E-state index < -0.39 is 34.4 Å². The Kier molecular flexibility index (Phi) is 14.7. The number of aromatic amines is 2. The first kappa shape index (κ1) is 47.4. The number of rotatable bonds is 11. The Morgan fingerprint density at radius 1 is 0.738 bits per heavy atom. The number of amides is 1. The van der Waals surface area contributed by atoms with Gasteiger partial charge in [-0.2, -0.15) is 10.2 Å². The molecule has 2 unspecified atom stereocenters. The van der Waals surface area contributed by atoms with E-state index in [4.69, 9.17) is 36.3 Å². The van der Waals surface area contributed by atoms with Gasteiger partial charge in [0.2, 0.25) is 11.1 Å². The number of imidazole rings is 2. The number of benzene rings is 2. The minimum absolute atomic E-state index is 0.0157. The zero-order chi connectivity index (χ0) is 47.3. The molecule has 0 radical (unpaired) electrons. The lowest BCUT2D eigenvalue weighted by atomic mass is 9.81. The number of H-pyrrole nitrogens is 2. The number of halogens is 5. The summed E-state index contributed by atoms with van der Waals surface area (Å²) in [7, 11) is 8.99. The van der Waals surface area contributed by atoms with Crippen LogP contribution in [-0.2, 0) is 49.4 Å². The van der Waals surface area contributed by atoms with Gasteiger partial charge < -0.3 is 39.1 Å². The fourth-order valence-corrected chi connectivity index (χ4v) is 8.13. The molecule has 2 aliphatic carbocycles. The Morgan fingerprint density at radius 3 is 1.51 bits per heavy atom. The zero-order valence-corrected chi connectivity index (χ0v) is 37.1. The maximum atomic E-state index is 15.0. The lowest BCUT2D eigenvalue weighted by Crippen LogP contribution is -2.16. The molecule has 5 N–H and O–H groups in total. The molecule has 4 aromatic heterocycles. The zero-order valence-electron chi connectivity index (χ0n) is 36.4. The number of fused-ring (bicyclic) bond motifs is 2. The van der Waals surface area contributed by atoms with Crippen LogP contribution in [0.25, 0.3) is 22.8 Å². The second kappa shape index (κ2) is 20.2. The van der Waals surface area contributed by atoms with Gasteiger partial charge in [0.15, 0.2) is 57.9 Å². The standard InChI is InChI=1S/C22H23F2N5O3.C19H21F2N5O2.C3H3ClO/c1-5-16(30)26-22-21(29(2)10-25-22)20-12-7-6-11(8-13(12)27-28-20)17-18(23)14(31-3)9-15(32-4)19(17)24;1-26-8-23-19(22)18(26)17-10-5-4-9(6-11(10)24-25-17)14-15(20)12(27-2)7-13(28-3)16(14)21;1-2-3(4)5/h5,9-11H,1,6-8H2,2-4H3,(H,26,30)(H,27,28);7-9H,4-6,22H2,1-3H3,(H,24,25);2H,1H2. The maximum absolute atomic E-state index is 15.0. The first-order valence-corrected chi connectivity index (χ1v) is 20.4. The first-order valence-electron chi connectivity index (χ1n) is 20.0. The average molecular weight is 923 g/mol. The van der Waals surface area contributed by atoms with Crippen molar-refractivity contribution in [3.05, 3.63) is 107 Å². The molecule has 0 saturated carbocycles. The molecule has 6 aromatic rings. The molecule has 0 aliphatic heterocycles. The van der Waals surface area contributed by atoms with E-state index in [2.05, 4.69) is 48.8 Å². The molecule has 0 fully saturated rings. The largest absolute Gasteiger partial charge is 0.494 e. The number of carbonyl (C=O) groups is 2. The van der Waals surface area contributed by atoms with Crippen molar-refractivity contribution in [2.24, 2.45) is 14.1 Å². The van der Waals surface area contributed by atoms with E-state index in [0.29, 0.717) is 61.5 Å². The number of carbonyl (C=O) groups excluding carboxylic acids is 2. The average Bonchev–Trinajstić information content (AvgIpc) is 4.08. The van der Waals surface area contributed by atoms with Gasteiger partial charge in [-0.05, 0) is 74.1 Å². The minimum Gasteiger partial charge on any atom is -0.494 e. The molecule has 1 amide bonds. The van der Waals surface area contributed by atoms with E-state index in [-0.39, 0.29) is 46.0 Å². The number of nitrogens with one attached hydrogen (secondary N) is 3. The van der Waals surface area contributed by atoms with Gasteiger partial charge in [0, 0.05) is 59.9 Å². The number of anilines is 2. The molecule has 2 aliphatic rings. The number of ether oxygens (including phenoxy) is 4. The number of nitrogen functional groups attached to an aromatic ring is 1. The van der Waals surface area contributed by atoms with Crippen LogP contribution < -0.4 is 30.0 Å². The Morgan fingerprint density at radius 2 is 1.14 bits per heavy atom. The highest BCUT2D eigenvalue weighted by molar-refractivity contribution is 6.66. The van der Waals surface area contributed by atoms with Gasteiger partial charge in [-0.3, -0.25) is 19.8 Å². The van der Waals surface area contributed by atoms with Crippen LogP contribution in [0.2, 0.25) is 0 Å². The Labute approximate surface area is 375 Å². The van der Waals surface area contributed by atoms with Gasteiger partial charge in [-0.1, -0.05) is 13.2 Å². The molecule has 344 valence electrons. The van der Waals surface area contributed by atoms with Crippen molar-refractivity contribution in [2.45, 2.75) is 50.4 Å². The molecular formula is C44H47ClF4N10O6. The number of aryl methyl sites for hydroxylation is 2. The summed E-state index contributed by atoms with van der Waals surface area (Å²) in [4.78, 5) is 29.6. The van der Waals surface area contributed by atoms with Crippen LogP contribution in [0.4, 0.5) is 29.2 Å². The number of aromatic nitrogens is 8. The van der Waals surface area contributed by atoms with Gasteiger partial charge in [0.25, 0.3) is 0 Å². The SMILES string of the molecule is C=CC(=O)Cl.C=CC(=O)Nc1ncn(C)c1-c1n[nH]c2c1CCC(c1c(F)c(OC)cc(OC)c1F)C2.COc1cc(OC)c(F)c(C2CCc3c(-c4c(N)ncn4C)n[nH]c3C2)c1F. The third kappa shape index (κ3) is 9.43. The summed E-state index contributed by atoms with van der Waals surface area (Å²) < 4.78 is 83.6. The molecule has 0 saturated heterocycles. The number of methoxy groups -OCH3 is 4. The van der Waals surface area contributed by atoms with E-state index in [0.717, 1.165) is 46.1 Å². The predicted molar refractivity (Wildman–Crippen MR) is 234 cm³/mol. The minimum atomic E-state index is -0.722. The summed E-state index contributed by atoms with van der Waals surface area (Å²) in [5.41, 5.74) is 12.2. The monoisotopic (exact) mass is 922 g/mol. The quantitative estimate of drug-likeness (QED) is 0.0573. The van der Waals surface area contributed by atoms with Crippen molar-refractivity contribution in [3.63, 3.8) is 0 Å². The van der Waals surface area contributed by atoms with Crippen molar-refractivity contribution >= 4 is 34.4 Å². The molecule has 16 nitrogen and oxygen atoms in total. The van der Waals surface area contributed by atoms with Crippen LogP contribution in [-0.4, -0.2) is 79.1 Å². The lowest BCUT2D eigenvalue weighted by molar-refractivity contribution is -0.112. The fraction of sp³-hybridized carbons (Fsp3) is 0.318. The summed E-state index contributed by atoms with van der Waals surface area (Å²) >= 11 is 4.71. The topological polar surface area (TPSA) is 202 Å². The van der Waals surface area contributed by atoms with Crippen molar-refractivity contribution < 1.29 is 46.1 Å². The van der Waals surface area contributed by atoms with E-state index in [1.54, 1.807) is 24.3 Å². The van der Waals surface area contributed by atoms with Crippen molar-refractivity contribution in [1.29, 1.82) is 0 Å². The molecule has 0 bridgehead atoms. The Bertz CT molecular complexity index is 2690. The number of nitrogens with zero attached hydrogens (tertiary/aromatic N) is 6. The van der Waals surface area contributed by atoms with Gasteiger partial charge in [0.05, 0.1) is 41.1 Å². The van der Waals surface area contributed by atoms with Crippen molar-refractivity contribution in [2.75, 3.05) is 39.5 Å². The van der Waals surface area contributed by atoms with E-state index in [1.165, 1.54) is 40.6 Å². The van der Waals surface area contributed by atoms with Crippen molar-refractivity contribution in [1.82, 2.24) is 39.5 Å². The number of allylic oxidation sites excluding steroid dienone is 1. The van der Waals surface area contributed by atoms with E-state index in [1.807, 2.05) is 11.6 Å². The molecule has 4 heterocycles. The first-order chi connectivity index (χ1) is 31.1. The van der Waals surface area contributed by atoms with Crippen molar-refractivity contribution in [3.8, 4) is 45.8 Å². The lowest BCUT2D eigenvalue weighted by Gasteiger charge is -2.25. The number of hydrogen-bond donors (Lipinski definition) is 4. The third-order valence-electron chi connectivity index (χ3n) is 11.3. The predicted octanol–water partition coefficient (Wildman–Crippen LogP) is 7.40. The smallest absolute Gasteiger partial charge is 0.248 e. The number of nitrogens with two attached hydrogens (primary N) is 1. The highest BCUT2D eigenvalue weighted by Gasteiger charge is 2.34. The summed E-state index contributed by atoms with van der Waals surface area (Å²) in [6, 6.07) is 2.43. The molecule has 21 heteroatoms. The Balaban J connectivity index is 0.000000197. The van der Waals surface area contributed by atoms with E-state index >= 15 is 0 Å². The van der Waals surface area contributed by atoms with Crippen LogP contribution in [0, 0.1) is 23.3 Å². The van der Waals surface area contributed by atoms with Crippen LogP contribution >= 0.6 is 11.6 Å². The Hall–Kier alpha value is -7.09. The molecule has 8 rings (SSSR count). The second-order valence-corrected chi connectivity index (χ2v) is 15.3. The molecule has 0 spiro atoms. The van der Waals surface area contributed by atoms with Gasteiger partial charge in [-0.25, -0.2) is 27.5 Å². The van der Waals surface area contributed by atoms with Crippen LogP contribution in [0.5, 0.6) is 23.0 Å². The summed E-state index contributed by atoms with van der Waals surface area (Å²) in [6.45, 7) is 6.53. The van der Waals surface area contributed by atoms with Gasteiger partial charge in [-0.15, -0.1) is 0 Å². The third-order valence-corrected chi connectivity index (χ3v) is 11.4. The summed E-state index contributed by atoms with van der Waals surface area (Å²) in [5.74, 6) is -3.43. The summed E-state index contributed by atoms with van der Waals surface area (Å²) in [5, 5.41) is 17.0. The van der Waals surface area contributed by atoms with E-state index in [9.17, 15) is 27.2 Å². The normalized spacial score (nSPS) is 14.9. The fourth-order valence-electron chi connectivity index (χ4n) is 8.13. The highest BCUT2D eigenvalue weighted by Crippen LogP contribution is 2.44. The summed E-state index contributed by atoms with van der Waals surface area (Å²) in [6.07, 6.45) is 8.38. The van der Waals surface area contributed by atoms with Gasteiger partial charge in [0.1, 0.15) is 22.8 Å². The number of hydrogen-bond acceptors (Lipinski definition) is 11. The van der Waals surface area contributed by atoms with Crippen LogP contribution in [0.3, 0.4) is 0 Å². The molecule has 2 aromatic carbocycles. The molecular weight excluding hydrogens is 876 g/mol. The second-order valence-electron chi connectivity index (χ2n) is 14.9. The highest BCUT2D eigenvalue weighted by atomic mass is 35.5. The molecule has 2 atom stereocenters. The molecule has 65 heavy (non-hydrogen) atoms.